The minimum absolute atomic E-state index is 0.0877. The lowest BCUT2D eigenvalue weighted by Gasteiger charge is -2.35. The average molecular weight is 334 g/mol. The second-order valence-corrected chi connectivity index (χ2v) is 6.18. The van der Waals surface area contributed by atoms with Gasteiger partial charge in [0, 0.05) is 32.2 Å². The number of imidazole rings is 1. The lowest BCUT2D eigenvalue weighted by Crippen LogP contribution is -2.49. The molecule has 1 fully saturated rings. The maximum atomic E-state index is 13.2. The largest absolute Gasteiger partial charge is 0.396 e. The molecule has 0 saturated carbocycles. The van der Waals surface area contributed by atoms with Gasteiger partial charge in [0.1, 0.15) is 11.6 Å². The molecule has 6 nitrogen and oxygen atoms in total. The number of likely N-dealkylation sites (tertiary alicyclic amines) is 1. The van der Waals surface area contributed by atoms with Crippen LogP contribution in [0, 0.1) is 5.82 Å². The van der Waals surface area contributed by atoms with Crippen LogP contribution in [0.4, 0.5) is 9.18 Å². The molecule has 1 aromatic carbocycles. The van der Waals surface area contributed by atoms with Crippen LogP contribution >= 0.6 is 0 Å². The third kappa shape index (κ3) is 3.84. The maximum absolute atomic E-state index is 13.2. The Morgan fingerprint density at radius 1 is 1.46 bits per heavy atom. The van der Waals surface area contributed by atoms with Crippen molar-refractivity contribution in [3.63, 3.8) is 0 Å². The smallest absolute Gasteiger partial charge is 0.317 e. The molecule has 0 radical (unpaired) electrons. The predicted molar refractivity (Wildman–Crippen MR) is 89.2 cm³/mol. The van der Waals surface area contributed by atoms with Gasteiger partial charge in [0.15, 0.2) is 0 Å². The number of amides is 2. The van der Waals surface area contributed by atoms with Gasteiger partial charge in [-0.25, -0.2) is 14.2 Å². The van der Waals surface area contributed by atoms with Gasteiger partial charge in [0.2, 0.25) is 0 Å². The monoisotopic (exact) mass is 334 g/mol. The van der Waals surface area contributed by atoms with Gasteiger partial charge < -0.3 is 20.3 Å². The highest BCUT2D eigenvalue weighted by Crippen LogP contribution is 2.19. The number of aromatic nitrogens is 2. The number of benzene rings is 1. The summed E-state index contributed by atoms with van der Waals surface area (Å²) in [4.78, 5) is 21.6. The van der Waals surface area contributed by atoms with Crippen molar-refractivity contribution in [1.82, 2.24) is 20.2 Å². The van der Waals surface area contributed by atoms with Gasteiger partial charge in [0.25, 0.3) is 0 Å². The maximum Gasteiger partial charge on any atom is 0.317 e. The number of rotatable bonds is 5. The Hall–Kier alpha value is -2.15. The molecule has 0 spiro atoms. The minimum Gasteiger partial charge on any atom is -0.396 e. The summed E-state index contributed by atoms with van der Waals surface area (Å²) in [5.74, 6) is 0.424. The van der Waals surface area contributed by atoms with E-state index < -0.39 is 0 Å². The van der Waals surface area contributed by atoms with E-state index >= 15 is 0 Å². The van der Waals surface area contributed by atoms with Crippen LogP contribution in [0.1, 0.15) is 31.5 Å². The van der Waals surface area contributed by atoms with Crippen molar-refractivity contribution in [2.24, 2.45) is 0 Å². The van der Waals surface area contributed by atoms with E-state index in [1.165, 1.54) is 12.1 Å². The highest BCUT2D eigenvalue weighted by Gasteiger charge is 2.25. The zero-order valence-electron chi connectivity index (χ0n) is 13.6. The van der Waals surface area contributed by atoms with Crippen LogP contribution in [0.3, 0.4) is 0 Å². The van der Waals surface area contributed by atoms with E-state index in [0.717, 1.165) is 37.1 Å². The number of hydrogen-bond acceptors (Lipinski definition) is 3. The van der Waals surface area contributed by atoms with Gasteiger partial charge in [-0.3, -0.25) is 0 Å². The predicted octanol–water partition coefficient (Wildman–Crippen LogP) is 2.19. The van der Waals surface area contributed by atoms with Gasteiger partial charge in [-0.15, -0.1) is 0 Å². The SMILES string of the molecule is O=C(NCCc1nc2ccc(F)cc2[nH]1)N1CCCC[C@@H]1CCO. The molecular weight excluding hydrogens is 311 g/mol. The number of aliphatic hydroxyl groups is 1. The number of nitrogens with zero attached hydrogens (tertiary/aromatic N) is 2. The van der Waals surface area contributed by atoms with Crippen LogP contribution in [0.5, 0.6) is 0 Å². The lowest BCUT2D eigenvalue weighted by molar-refractivity contribution is 0.132. The molecule has 0 aliphatic carbocycles. The Morgan fingerprint density at radius 2 is 2.33 bits per heavy atom. The highest BCUT2D eigenvalue weighted by molar-refractivity contribution is 5.75. The van der Waals surface area contributed by atoms with Crippen molar-refractivity contribution < 1.29 is 14.3 Å². The van der Waals surface area contributed by atoms with Crippen molar-refractivity contribution in [2.75, 3.05) is 19.7 Å². The average Bonchev–Trinajstić information content (AvgIpc) is 2.97. The van der Waals surface area contributed by atoms with E-state index in [-0.39, 0.29) is 24.5 Å². The lowest BCUT2D eigenvalue weighted by atomic mass is 10.0. The molecule has 24 heavy (non-hydrogen) atoms. The molecule has 1 aromatic heterocycles. The van der Waals surface area contributed by atoms with Gasteiger partial charge in [-0.2, -0.15) is 0 Å². The number of piperidine rings is 1. The molecule has 3 N–H and O–H groups in total. The number of carbonyl (C=O) groups excluding carboxylic acids is 1. The normalized spacial score (nSPS) is 18.1. The molecule has 130 valence electrons. The number of H-pyrrole nitrogens is 1. The third-order valence-electron chi connectivity index (χ3n) is 4.48. The molecule has 0 unspecified atom stereocenters. The van der Waals surface area contributed by atoms with Crippen molar-refractivity contribution >= 4 is 17.1 Å². The van der Waals surface area contributed by atoms with Crippen LogP contribution in [0.2, 0.25) is 0 Å². The fourth-order valence-electron chi connectivity index (χ4n) is 3.26. The summed E-state index contributed by atoms with van der Waals surface area (Å²) in [6.07, 6.45) is 4.24. The second-order valence-electron chi connectivity index (χ2n) is 6.18. The number of hydrogen-bond donors (Lipinski definition) is 3. The molecule has 1 atom stereocenters. The zero-order valence-corrected chi connectivity index (χ0v) is 13.6. The first-order chi connectivity index (χ1) is 11.7. The topological polar surface area (TPSA) is 81.2 Å². The van der Waals surface area contributed by atoms with Gasteiger partial charge in [-0.1, -0.05) is 0 Å². The van der Waals surface area contributed by atoms with Crippen LogP contribution in [0.15, 0.2) is 18.2 Å². The van der Waals surface area contributed by atoms with E-state index in [1.807, 2.05) is 4.90 Å². The molecule has 2 amide bonds. The Kier molecular flexibility index (Phi) is 5.30. The summed E-state index contributed by atoms with van der Waals surface area (Å²) < 4.78 is 13.2. The summed E-state index contributed by atoms with van der Waals surface area (Å²) in [5, 5.41) is 12.1. The van der Waals surface area contributed by atoms with Crippen LogP contribution in [-0.4, -0.2) is 51.7 Å². The summed E-state index contributed by atoms with van der Waals surface area (Å²) in [6, 6.07) is 4.47. The summed E-state index contributed by atoms with van der Waals surface area (Å²) >= 11 is 0. The van der Waals surface area contributed by atoms with E-state index in [2.05, 4.69) is 15.3 Å². The molecule has 3 rings (SSSR count). The molecule has 1 aliphatic heterocycles. The van der Waals surface area contributed by atoms with E-state index in [4.69, 9.17) is 5.11 Å². The highest BCUT2D eigenvalue weighted by atomic mass is 19.1. The minimum atomic E-state index is -0.300. The fraction of sp³-hybridized carbons (Fsp3) is 0.529. The fourth-order valence-corrected chi connectivity index (χ4v) is 3.26. The van der Waals surface area contributed by atoms with E-state index in [1.54, 1.807) is 6.07 Å². The summed E-state index contributed by atoms with van der Waals surface area (Å²) in [6.45, 7) is 1.30. The molecule has 2 aromatic rings. The molecule has 1 saturated heterocycles. The first-order valence-corrected chi connectivity index (χ1v) is 8.47. The quantitative estimate of drug-likeness (QED) is 0.784. The molecule has 0 bridgehead atoms. The van der Waals surface area contributed by atoms with Gasteiger partial charge in [0.05, 0.1) is 11.0 Å². The van der Waals surface area contributed by atoms with Crippen LogP contribution in [-0.2, 0) is 6.42 Å². The Bertz CT molecular complexity index is 701. The molecule has 1 aliphatic rings. The van der Waals surface area contributed by atoms with Gasteiger partial charge >= 0.3 is 6.03 Å². The molecular formula is C17H23FN4O2. The standard InChI is InChI=1S/C17H23FN4O2/c18-12-4-5-14-15(11-12)21-16(20-14)6-8-19-17(24)22-9-2-1-3-13(22)7-10-23/h4-5,11,13,23H,1-3,6-10H2,(H,19,24)(H,20,21)/t13-/m1/s1. The van der Waals surface area contributed by atoms with E-state index in [9.17, 15) is 9.18 Å². The number of aliphatic hydroxyl groups excluding tert-OH is 1. The van der Waals surface area contributed by atoms with Gasteiger partial charge in [-0.05, 0) is 43.9 Å². The first kappa shape index (κ1) is 16.7. The number of fused-ring (bicyclic) bond motifs is 1. The van der Waals surface area contributed by atoms with Crippen molar-refractivity contribution in [3.05, 3.63) is 29.8 Å². The number of nitrogens with one attached hydrogen (secondary N) is 2. The van der Waals surface area contributed by atoms with Crippen molar-refractivity contribution in [3.8, 4) is 0 Å². The number of carbonyl (C=O) groups is 1. The third-order valence-corrected chi connectivity index (χ3v) is 4.48. The van der Waals surface area contributed by atoms with Crippen molar-refractivity contribution in [1.29, 1.82) is 0 Å². The summed E-state index contributed by atoms with van der Waals surface area (Å²) in [7, 11) is 0. The van der Waals surface area contributed by atoms with Crippen LogP contribution in [0.25, 0.3) is 11.0 Å². The Morgan fingerprint density at radius 3 is 3.17 bits per heavy atom. The number of aromatic amines is 1. The van der Waals surface area contributed by atoms with Crippen LogP contribution < -0.4 is 5.32 Å². The Labute approximate surface area is 140 Å². The summed E-state index contributed by atoms with van der Waals surface area (Å²) in [5.41, 5.74) is 1.38. The zero-order chi connectivity index (χ0) is 16.9. The van der Waals surface area contributed by atoms with E-state index in [0.29, 0.717) is 24.9 Å². The first-order valence-electron chi connectivity index (χ1n) is 8.47. The molecule has 2 heterocycles. The van der Waals surface area contributed by atoms with Crippen molar-refractivity contribution in [2.45, 2.75) is 38.1 Å². The Balaban J connectivity index is 1.53. The second kappa shape index (κ2) is 7.61. The number of urea groups is 1. The molecule has 7 heteroatoms. The number of halogens is 1.